The summed E-state index contributed by atoms with van der Waals surface area (Å²) in [5.41, 5.74) is 1.76. The Morgan fingerprint density at radius 1 is 0.879 bits per heavy atom. The Hall–Kier alpha value is -4.44. The second-order valence-corrected chi connectivity index (χ2v) is 7.16. The standard InChI is InChI=1S/C26H23N3O4/c27-16-17-29(22-14-8-3-9-15-22)24(30)19-33-26(32)23(18-20-10-4-1-5-11-20)28-25(31)21-12-6-2-7-13-21/h1-15,23H,17-19H2,(H,28,31). The Labute approximate surface area is 192 Å². The zero-order chi connectivity index (χ0) is 23.5. The SMILES string of the molecule is N#CCN(C(=O)COC(=O)C(Cc1ccccc1)NC(=O)c1ccccc1)c1ccccc1. The number of esters is 1. The lowest BCUT2D eigenvalue weighted by Gasteiger charge is -2.21. The van der Waals surface area contributed by atoms with Gasteiger partial charge in [0.1, 0.15) is 12.6 Å². The molecule has 3 aromatic carbocycles. The van der Waals surface area contributed by atoms with E-state index in [1.807, 2.05) is 36.4 Å². The monoisotopic (exact) mass is 441 g/mol. The molecule has 0 aliphatic carbocycles. The summed E-state index contributed by atoms with van der Waals surface area (Å²) in [5.74, 6) is -1.69. The maximum atomic E-state index is 12.9. The maximum Gasteiger partial charge on any atom is 0.329 e. The molecule has 1 N–H and O–H groups in total. The highest BCUT2D eigenvalue weighted by atomic mass is 16.5. The molecule has 0 heterocycles. The van der Waals surface area contributed by atoms with E-state index in [0.717, 1.165) is 5.56 Å². The van der Waals surface area contributed by atoms with Crippen molar-refractivity contribution >= 4 is 23.5 Å². The van der Waals surface area contributed by atoms with Crippen LogP contribution in [0.3, 0.4) is 0 Å². The Morgan fingerprint density at radius 3 is 2.06 bits per heavy atom. The molecule has 3 aromatic rings. The number of hydrogen-bond acceptors (Lipinski definition) is 5. The van der Waals surface area contributed by atoms with Crippen molar-refractivity contribution in [1.29, 1.82) is 5.26 Å². The van der Waals surface area contributed by atoms with Gasteiger partial charge in [0.2, 0.25) is 0 Å². The Kier molecular flexibility index (Phi) is 8.32. The number of ether oxygens (including phenoxy) is 1. The van der Waals surface area contributed by atoms with Crippen LogP contribution in [0.2, 0.25) is 0 Å². The summed E-state index contributed by atoms with van der Waals surface area (Å²) >= 11 is 0. The van der Waals surface area contributed by atoms with Crippen LogP contribution in [0.5, 0.6) is 0 Å². The van der Waals surface area contributed by atoms with Gasteiger partial charge in [0.25, 0.3) is 11.8 Å². The van der Waals surface area contributed by atoms with E-state index in [4.69, 9.17) is 10.00 Å². The third kappa shape index (κ3) is 6.77. The molecule has 1 atom stereocenters. The predicted octanol–water partition coefficient (Wildman–Crippen LogP) is 3.13. The Balaban J connectivity index is 1.70. The highest BCUT2D eigenvalue weighted by molar-refractivity contribution is 5.98. The third-order valence-electron chi connectivity index (χ3n) is 4.84. The molecule has 33 heavy (non-hydrogen) atoms. The molecule has 2 amide bonds. The first-order valence-electron chi connectivity index (χ1n) is 10.4. The van der Waals surface area contributed by atoms with E-state index >= 15 is 0 Å². The van der Waals surface area contributed by atoms with Crippen LogP contribution in [0.25, 0.3) is 0 Å². The van der Waals surface area contributed by atoms with Crippen molar-refractivity contribution in [2.24, 2.45) is 0 Å². The number of carbonyl (C=O) groups excluding carboxylic acids is 3. The van der Waals surface area contributed by atoms with Crippen LogP contribution in [0.1, 0.15) is 15.9 Å². The lowest BCUT2D eigenvalue weighted by atomic mass is 10.1. The molecule has 0 saturated carbocycles. The average molecular weight is 441 g/mol. The second kappa shape index (κ2) is 11.8. The fourth-order valence-corrected chi connectivity index (χ4v) is 3.19. The highest BCUT2D eigenvalue weighted by Crippen LogP contribution is 2.13. The van der Waals surface area contributed by atoms with E-state index in [0.29, 0.717) is 11.3 Å². The number of amides is 2. The number of benzene rings is 3. The van der Waals surface area contributed by atoms with E-state index in [2.05, 4.69) is 5.32 Å². The number of hydrogen-bond donors (Lipinski definition) is 1. The summed E-state index contributed by atoms with van der Waals surface area (Å²) in [7, 11) is 0. The predicted molar refractivity (Wildman–Crippen MR) is 123 cm³/mol. The Morgan fingerprint density at radius 2 is 1.45 bits per heavy atom. The quantitative estimate of drug-likeness (QED) is 0.406. The summed E-state index contributed by atoms with van der Waals surface area (Å²) in [6.07, 6.45) is 0.201. The van der Waals surface area contributed by atoms with Gasteiger partial charge in [0, 0.05) is 17.7 Å². The molecular weight excluding hydrogens is 418 g/mol. The highest BCUT2D eigenvalue weighted by Gasteiger charge is 2.25. The van der Waals surface area contributed by atoms with E-state index in [1.54, 1.807) is 60.7 Å². The molecule has 1 unspecified atom stereocenters. The van der Waals surface area contributed by atoms with Gasteiger partial charge in [0.05, 0.1) is 6.07 Å². The minimum absolute atomic E-state index is 0.182. The summed E-state index contributed by atoms with van der Waals surface area (Å²) in [5, 5.41) is 11.8. The van der Waals surface area contributed by atoms with Gasteiger partial charge in [0.15, 0.2) is 6.61 Å². The Bertz CT molecular complexity index is 1110. The topological polar surface area (TPSA) is 99.5 Å². The lowest BCUT2D eigenvalue weighted by Crippen LogP contribution is -2.44. The van der Waals surface area contributed by atoms with Crippen molar-refractivity contribution < 1.29 is 19.1 Å². The molecule has 7 nitrogen and oxygen atoms in total. The van der Waals surface area contributed by atoms with Gasteiger partial charge >= 0.3 is 5.97 Å². The molecule has 0 radical (unpaired) electrons. The molecule has 0 spiro atoms. The molecule has 0 saturated heterocycles. The van der Waals surface area contributed by atoms with Crippen molar-refractivity contribution in [3.05, 3.63) is 102 Å². The zero-order valence-corrected chi connectivity index (χ0v) is 17.9. The fraction of sp³-hybridized carbons (Fsp3) is 0.154. The third-order valence-corrected chi connectivity index (χ3v) is 4.84. The molecule has 7 heteroatoms. The molecule has 0 aliphatic heterocycles. The van der Waals surface area contributed by atoms with E-state index < -0.39 is 30.4 Å². The van der Waals surface area contributed by atoms with Crippen LogP contribution < -0.4 is 10.2 Å². The maximum absolute atomic E-state index is 12.9. The molecule has 166 valence electrons. The van der Waals surface area contributed by atoms with Gasteiger partial charge in [-0.3, -0.25) is 14.5 Å². The smallest absolute Gasteiger partial charge is 0.329 e. The number of anilines is 1. The van der Waals surface area contributed by atoms with Crippen LogP contribution in [0, 0.1) is 11.3 Å². The van der Waals surface area contributed by atoms with Crippen LogP contribution >= 0.6 is 0 Å². The number of nitriles is 1. The van der Waals surface area contributed by atoms with Crippen molar-refractivity contribution in [3.63, 3.8) is 0 Å². The van der Waals surface area contributed by atoms with Crippen molar-refractivity contribution in [2.45, 2.75) is 12.5 Å². The first-order chi connectivity index (χ1) is 16.1. The molecule has 0 aromatic heterocycles. The number of rotatable bonds is 9. The van der Waals surface area contributed by atoms with Crippen molar-refractivity contribution in [1.82, 2.24) is 5.32 Å². The first kappa shape index (κ1) is 23.2. The summed E-state index contributed by atoms with van der Waals surface area (Å²) in [6.45, 7) is -0.736. The second-order valence-electron chi connectivity index (χ2n) is 7.16. The van der Waals surface area contributed by atoms with Crippen LogP contribution in [-0.2, 0) is 20.7 Å². The van der Waals surface area contributed by atoms with Gasteiger partial charge in [-0.1, -0.05) is 66.7 Å². The van der Waals surface area contributed by atoms with Crippen LogP contribution in [0.4, 0.5) is 5.69 Å². The zero-order valence-electron chi connectivity index (χ0n) is 17.9. The first-order valence-corrected chi connectivity index (χ1v) is 10.4. The molecule has 0 fully saturated rings. The molecule has 3 rings (SSSR count). The van der Waals surface area contributed by atoms with Gasteiger partial charge in [-0.05, 0) is 29.8 Å². The van der Waals surface area contributed by atoms with Gasteiger partial charge < -0.3 is 10.1 Å². The van der Waals surface area contributed by atoms with E-state index in [1.165, 1.54) is 4.90 Å². The van der Waals surface area contributed by atoms with Crippen LogP contribution in [0.15, 0.2) is 91.0 Å². The minimum Gasteiger partial charge on any atom is -0.454 e. The number of carbonyl (C=O) groups is 3. The fourth-order valence-electron chi connectivity index (χ4n) is 3.19. The molecule has 0 aliphatic rings. The van der Waals surface area contributed by atoms with Crippen molar-refractivity contribution in [3.8, 4) is 6.07 Å². The van der Waals surface area contributed by atoms with Gasteiger partial charge in [-0.15, -0.1) is 0 Å². The number of nitrogens with zero attached hydrogens (tertiary/aromatic N) is 2. The summed E-state index contributed by atoms with van der Waals surface area (Å²) in [4.78, 5) is 39.4. The lowest BCUT2D eigenvalue weighted by molar-refractivity contribution is -0.149. The van der Waals surface area contributed by atoms with Gasteiger partial charge in [-0.2, -0.15) is 5.26 Å². The average Bonchev–Trinajstić information content (AvgIpc) is 2.87. The van der Waals surface area contributed by atoms with Crippen LogP contribution in [-0.4, -0.2) is 37.0 Å². The number of nitrogens with one attached hydrogen (secondary N) is 1. The summed E-state index contributed by atoms with van der Waals surface area (Å²) < 4.78 is 5.27. The van der Waals surface area contributed by atoms with Crippen molar-refractivity contribution in [2.75, 3.05) is 18.1 Å². The van der Waals surface area contributed by atoms with Gasteiger partial charge in [-0.25, -0.2) is 4.79 Å². The molecular formula is C26H23N3O4. The minimum atomic E-state index is -0.992. The molecule has 0 bridgehead atoms. The van der Waals surface area contributed by atoms with E-state index in [-0.39, 0.29) is 13.0 Å². The number of para-hydroxylation sites is 1. The summed E-state index contributed by atoms with van der Waals surface area (Å²) in [6, 6.07) is 27.3. The normalized spacial score (nSPS) is 11.0. The van der Waals surface area contributed by atoms with E-state index in [9.17, 15) is 14.4 Å². The largest absolute Gasteiger partial charge is 0.454 e.